The zero-order valence-electron chi connectivity index (χ0n) is 15.3. The van der Waals surface area contributed by atoms with Crippen LogP contribution in [-0.2, 0) is 10.2 Å². The average molecular weight is 376 g/mol. The molecule has 0 aromatic heterocycles. The van der Waals surface area contributed by atoms with Gasteiger partial charge >= 0.3 is 5.66 Å². The summed E-state index contributed by atoms with van der Waals surface area (Å²) >= 11 is 0. The third-order valence-corrected chi connectivity index (χ3v) is 7.27. The fourth-order valence-corrected chi connectivity index (χ4v) is 5.47. The molecule has 0 fully saturated rings. The van der Waals surface area contributed by atoms with Gasteiger partial charge in [0.2, 0.25) is 7.29 Å². The predicted molar refractivity (Wildman–Crippen MR) is 110 cm³/mol. The number of benzene rings is 3. The lowest BCUT2D eigenvalue weighted by atomic mass is 10.0. The van der Waals surface area contributed by atoms with Crippen LogP contribution in [0, 0.1) is 6.57 Å². The van der Waals surface area contributed by atoms with Crippen molar-refractivity contribution in [2.45, 2.75) is 12.6 Å². The number of methoxy groups -OCH3 is 1. The molecule has 0 aliphatic heterocycles. The molecule has 0 saturated heterocycles. The van der Waals surface area contributed by atoms with Gasteiger partial charge in [-0.3, -0.25) is 9.41 Å². The lowest BCUT2D eigenvalue weighted by molar-refractivity contribution is 0.412. The molecule has 1 atom stereocenters. The molecule has 3 aromatic rings. The van der Waals surface area contributed by atoms with Gasteiger partial charge in [-0.2, -0.15) is 5.09 Å². The van der Waals surface area contributed by atoms with E-state index in [1.54, 1.807) is 20.1 Å². The van der Waals surface area contributed by atoms with Crippen molar-refractivity contribution < 1.29 is 9.30 Å². The molecule has 1 N–H and O–H groups in total. The second kappa shape index (κ2) is 7.80. The topological polar surface area (TPSA) is 42.7 Å². The van der Waals surface area contributed by atoms with Crippen LogP contribution in [0.3, 0.4) is 0 Å². The second-order valence-corrected chi connectivity index (χ2v) is 8.78. The van der Waals surface area contributed by atoms with Gasteiger partial charge in [-0.1, -0.05) is 42.5 Å². The van der Waals surface area contributed by atoms with Crippen LogP contribution in [0.2, 0.25) is 0 Å². The molecule has 0 aliphatic carbocycles. The molecule has 0 saturated carbocycles. The number of rotatable bonds is 6. The summed E-state index contributed by atoms with van der Waals surface area (Å²) in [5.74, 6) is 0.651. The van der Waals surface area contributed by atoms with Crippen LogP contribution in [0.4, 0.5) is 0 Å². The maximum Gasteiger partial charge on any atom is 0.315 e. The van der Waals surface area contributed by atoms with Crippen LogP contribution in [0.1, 0.15) is 12.5 Å². The highest BCUT2D eigenvalue weighted by Gasteiger charge is 2.42. The van der Waals surface area contributed by atoms with Crippen molar-refractivity contribution in [2.75, 3.05) is 7.11 Å². The molecule has 0 bridgehead atoms. The molecule has 0 aliphatic rings. The third kappa shape index (κ3) is 3.80. The summed E-state index contributed by atoms with van der Waals surface area (Å²) in [7, 11) is -1.67. The molecular formula is C22H21N2O2P. The summed E-state index contributed by atoms with van der Waals surface area (Å²) < 4.78 is 19.5. The standard InChI is InChI=1S/C22H21N2O2P/c1-22(23-2,18-11-10-12-19(17-18)26-3)24-27(25,20-13-6-4-7-14-20)21-15-8-5-9-16-21/h4-17H,1,3H3,(H,24,25)/t22-/m1/s1. The summed E-state index contributed by atoms with van der Waals surface area (Å²) in [4.78, 5) is 3.81. The Labute approximate surface area is 160 Å². The first-order chi connectivity index (χ1) is 13.0. The monoisotopic (exact) mass is 376 g/mol. The van der Waals surface area contributed by atoms with Gasteiger partial charge in [-0.15, -0.1) is 0 Å². The number of hydrogen-bond donors (Lipinski definition) is 1. The maximum absolute atomic E-state index is 14.2. The van der Waals surface area contributed by atoms with Crippen LogP contribution >= 0.6 is 7.29 Å². The van der Waals surface area contributed by atoms with Gasteiger partial charge in [0, 0.05) is 17.5 Å². The van der Waals surface area contributed by atoms with Gasteiger partial charge in [0.1, 0.15) is 5.75 Å². The smallest absolute Gasteiger partial charge is 0.315 e. The predicted octanol–water partition coefficient (Wildman–Crippen LogP) is 4.31. The number of nitrogens with zero attached hydrogens (tertiary/aromatic N) is 1. The van der Waals surface area contributed by atoms with Gasteiger partial charge in [0.15, 0.2) is 0 Å². The Hall–Kier alpha value is -2.86. The fourth-order valence-electron chi connectivity index (χ4n) is 2.94. The van der Waals surface area contributed by atoms with Crippen LogP contribution < -0.4 is 20.4 Å². The first-order valence-electron chi connectivity index (χ1n) is 8.56. The normalized spacial score (nSPS) is 13.4. The summed E-state index contributed by atoms with van der Waals surface area (Å²) in [6.07, 6.45) is 0. The van der Waals surface area contributed by atoms with Gasteiger partial charge in [0.25, 0.3) is 0 Å². The molecule has 136 valence electrons. The third-order valence-electron chi connectivity index (χ3n) is 4.47. The van der Waals surface area contributed by atoms with E-state index in [9.17, 15) is 4.57 Å². The second-order valence-electron chi connectivity index (χ2n) is 6.31. The Kier molecular flexibility index (Phi) is 5.46. The molecule has 27 heavy (non-hydrogen) atoms. The lowest BCUT2D eigenvalue weighted by Gasteiger charge is -2.27. The Morgan fingerprint density at radius 3 is 1.96 bits per heavy atom. The van der Waals surface area contributed by atoms with E-state index in [1.165, 1.54) is 0 Å². The van der Waals surface area contributed by atoms with Gasteiger partial charge in [-0.25, -0.2) is 6.57 Å². The van der Waals surface area contributed by atoms with E-state index in [0.29, 0.717) is 21.9 Å². The molecular weight excluding hydrogens is 355 g/mol. The zero-order valence-corrected chi connectivity index (χ0v) is 16.2. The van der Waals surface area contributed by atoms with Crippen molar-refractivity contribution in [3.63, 3.8) is 0 Å². The summed E-state index contributed by atoms with van der Waals surface area (Å²) in [6.45, 7) is 9.57. The minimum absolute atomic E-state index is 0.651. The summed E-state index contributed by atoms with van der Waals surface area (Å²) in [5.41, 5.74) is -0.487. The van der Waals surface area contributed by atoms with Crippen molar-refractivity contribution >= 4 is 17.9 Å². The molecule has 5 heteroatoms. The van der Waals surface area contributed by atoms with Crippen molar-refractivity contribution in [3.05, 3.63) is 102 Å². The van der Waals surface area contributed by atoms with Crippen molar-refractivity contribution in [1.29, 1.82) is 0 Å². The molecule has 0 radical (unpaired) electrons. The molecule has 0 spiro atoms. The Morgan fingerprint density at radius 2 is 1.48 bits per heavy atom. The van der Waals surface area contributed by atoms with Gasteiger partial charge in [-0.05, 0) is 42.5 Å². The highest BCUT2D eigenvalue weighted by atomic mass is 31.2. The Balaban J connectivity index is 2.13. The lowest BCUT2D eigenvalue weighted by Crippen LogP contribution is -2.40. The van der Waals surface area contributed by atoms with Crippen LogP contribution in [0.5, 0.6) is 5.75 Å². The molecule has 3 aromatic carbocycles. The van der Waals surface area contributed by atoms with Gasteiger partial charge < -0.3 is 4.74 Å². The van der Waals surface area contributed by atoms with E-state index >= 15 is 0 Å². The Morgan fingerprint density at radius 1 is 0.926 bits per heavy atom. The van der Waals surface area contributed by atoms with Crippen LogP contribution in [-0.4, -0.2) is 7.11 Å². The minimum Gasteiger partial charge on any atom is -0.497 e. The molecule has 0 unspecified atom stereocenters. The quantitative estimate of drug-likeness (QED) is 0.515. The van der Waals surface area contributed by atoms with Crippen molar-refractivity contribution in [1.82, 2.24) is 5.09 Å². The number of ether oxygens (including phenoxy) is 1. The van der Waals surface area contributed by atoms with Crippen LogP contribution in [0.15, 0.2) is 84.9 Å². The van der Waals surface area contributed by atoms with E-state index in [4.69, 9.17) is 11.3 Å². The molecule has 0 heterocycles. The van der Waals surface area contributed by atoms with E-state index in [1.807, 2.05) is 78.9 Å². The number of hydrogen-bond acceptors (Lipinski definition) is 2. The fraction of sp³-hybridized carbons (Fsp3) is 0.136. The highest BCUT2D eigenvalue weighted by molar-refractivity contribution is 7.77. The average Bonchev–Trinajstić information content (AvgIpc) is 2.75. The molecule has 4 nitrogen and oxygen atoms in total. The summed E-state index contributed by atoms with van der Waals surface area (Å²) in [5, 5.41) is 4.52. The maximum atomic E-state index is 14.2. The van der Waals surface area contributed by atoms with Crippen molar-refractivity contribution in [2.24, 2.45) is 0 Å². The molecule has 0 amide bonds. The minimum atomic E-state index is -3.26. The van der Waals surface area contributed by atoms with E-state index < -0.39 is 13.0 Å². The van der Waals surface area contributed by atoms with E-state index in [2.05, 4.69) is 9.93 Å². The highest BCUT2D eigenvalue weighted by Crippen LogP contribution is 2.44. The summed E-state index contributed by atoms with van der Waals surface area (Å²) in [6, 6.07) is 25.8. The van der Waals surface area contributed by atoms with Crippen LogP contribution in [0.25, 0.3) is 4.85 Å². The first kappa shape index (κ1) is 18.9. The van der Waals surface area contributed by atoms with Gasteiger partial charge in [0.05, 0.1) is 12.7 Å². The zero-order chi connectivity index (χ0) is 19.3. The van der Waals surface area contributed by atoms with Crippen molar-refractivity contribution in [3.8, 4) is 5.75 Å². The van der Waals surface area contributed by atoms with E-state index in [0.717, 1.165) is 0 Å². The SMILES string of the molecule is [C-]#[N+][C@](C)(NP(=O)(c1ccccc1)c1ccccc1)c1cccc(OC)c1. The number of nitrogens with one attached hydrogen (secondary N) is 1. The largest absolute Gasteiger partial charge is 0.497 e. The molecule has 3 rings (SSSR count). The van der Waals surface area contributed by atoms with E-state index in [-0.39, 0.29) is 0 Å². The Bertz CT molecular complexity index is 956. The first-order valence-corrected chi connectivity index (χ1v) is 10.3.